The summed E-state index contributed by atoms with van der Waals surface area (Å²) in [6.45, 7) is 0. The highest BCUT2D eigenvalue weighted by atomic mass is 79.9. The predicted octanol–water partition coefficient (Wildman–Crippen LogP) is 3.28. The zero-order chi connectivity index (χ0) is 13.0. The number of rotatable bonds is 4. The summed E-state index contributed by atoms with van der Waals surface area (Å²) >= 11 is 3.36. The Morgan fingerprint density at radius 2 is 2.00 bits per heavy atom. The number of hydrogen-bond donors (Lipinski definition) is 0. The number of halogens is 1. The lowest BCUT2D eigenvalue weighted by Crippen LogP contribution is -2.04. The molecule has 0 saturated heterocycles. The molecule has 0 unspecified atom stereocenters. The molecule has 2 rings (SSSR count). The summed E-state index contributed by atoms with van der Waals surface area (Å²) in [5, 5.41) is 0. The van der Waals surface area contributed by atoms with Crippen molar-refractivity contribution in [1.29, 1.82) is 0 Å². The first kappa shape index (κ1) is 12.8. The van der Waals surface area contributed by atoms with Crippen LogP contribution in [0.2, 0.25) is 0 Å². The maximum atomic E-state index is 12.0. The molecule has 0 aliphatic heterocycles. The van der Waals surface area contributed by atoms with Crippen molar-refractivity contribution in [3.63, 3.8) is 0 Å². The van der Waals surface area contributed by atoms with Crippen LogP contribution in [0, 0.1) is 0 Å². The average Bonchev–Trinajstić information content (AvgIpc) is 2.39. The van der Waals surface area contributed by atoms with Crippen LogP contribution in [0.3, 0.4) is 0 Å². The second kappa shape index (κ2) is 5.78. The third-order valence-corrected chi connectivity index (χ3v) is 3.03. The van der Waals surface area contributed by atoms with Crippen molar-refractivity contribution >= 4 is 21.7 Å². The second-order valence-electron chi connectivity index (χ2n) is 3.79. The normalized spacial score (nSPS) is 10.1. The van der Waals surface area contributed by atoms with Crippen LogP contribution < -0.4 is 4.74 Å². The molecule has 0 fully saturated rings. The largest absolute Gasteiger partial charge is 0.497 e. The van der Waals surface area contributed by atoms with Crippen LogP contribution in [0.15, 0.2) is 47.1 Å². The van der Waals surface area contributed by atoms with Crippen molar-refractivity contribution < 1.29 is 9.53 Å². The number of carbonyl (C=O) groups is 1. The molecule has 0 bridgehead atoms. The van der Waals surface area contributed by atoms with Gasteiger partial charge in [-0.2, -0.15) is 0 Å². The van der Waals surface area contributed by atoms with Gasteiger partial charge in [0.2, 0.25) is 0 Å². The minimum Gasteiger partial charge on any atom is -0.497 e. The Balaban J connectivity index is 2.11. The van der Waals surface area contributed by atoms with Gasteiger partial charge in [-0.25, -0.2) is 0 Å². The molecular weight excluding hydrogens is 294 g/mol. The molecule has 0 atom stereocenters. The minimum absolute atomic E-state index is 0.0447. The van der Waals surface area contributed by atoms with Gasteiger partial charge in [0, 0.05) is 21.9 Å². The van der Waals surface area contributed by atoms with Crippen molar-refractivity contribution in [1.82, 2.24) is 4.98 Å². The topological polar surface area (TPSA) is 39.2 Å². The molecule has 2 aromatic rings. The van der Waals surface area contributed by atoms with E-state index in [9.17, 15) is 4.79 Å². The van der Waals surface area contributed by atoms with E-state index in [-0.39, 0.29) is 5.78 Å². The Morgan fingerprint density at radius 1 is 1.28 bits per heavy atom. The van der Waals surface area contributed by atoms with Crippen LogP contribution >= 0.6 is 15.9 Å². The first-order valence-electron chi connectivity index (χ1n) is 5.47. The molecule has 18 heavy (non-hydrogen) atoms. The van der Waals surface area contributed by atoms with E-state index in [1.54, 1.807) is 37.6 Å². The predicted molar refractivity (Wildman–Crippen MR) is 73.0 cm³/mol. The Bertz CT molecular complexity index is 552. The van der Waals surface area contributed by atoms with Gasteiger partial charge in [-0.05, 0) is 36.4 Å². The summed E-state index contributed by atoms with van der Waals surface area (Å²) in [6.07, 6.45) is 1.98. The van der Waals surface area contributed by atoms with Crippen LogP contribution in [-0.4, -0.2) is 17.9 Å². The van der Waals surface area contributed by atoms with E-state index in [0.29, 0.717) is 12.0 Å². The van der Waals surface area contributed by atoms with Gasteiger partial charge in [-0.1, -0.05) is 15.9 Å². The SMILES string of the molecule is COc1ccc(C(=O)Cc2cc(Br)ccn2)cc1. The van der Waals surface area contributed by atoms with Crippen LogP contribution in [0.25, 0.3) is 0 Å². The molecule has 3 nitrogen and oxygen atoms in total. The van der Waals surface area contributed by atoms with Crippen LogP contribution in [0.5, 0.6) is 5.75 Å². The third kappa shape index (κ3) is 3.17. The summed E-state index contributed by atoms with van der Waals surface area (Å²) in [5.74, 6) is 0.787. The smallest absolute Gasteiger partial charge is 0.168 e. The summed E-state index contributed by atoms with van der Waals surface area (Å²) in [7, 11) is 1.60. The number of Topliss-reactive ketones (excluding diaryl/α,β-unsaturated/α-hetero) is 1. The van der Waals surface area contributed by atoms with E-state index in [0.717, 1.165) is 15.9 Å². The highest BCUT2D eigenvalue weighted by Crippen LogP contribution is 2.14. The first-order valence-corrected chi connectivity index (χ1v) is 6.26. The molecule has 0 radical (unpaired) electrons. The lowest BCUT2D eigenvalue weighted by Gasteiger charge is -2.03. The maximum Gasteiger partial charge on any atom is 0.168 e. The quantitative estimate of drug-likeness (QED) is 0.814. The Labute approximate surface area is 114 Å². The molecular formula is C14H12BrNO2. The fourth-order valence-corrected chi connectivity index (χ4v) is 1.97. The summed E-state index contributed by atoms with van der Waals surface area (Å²) < 4.78 is 5.98. The van der Waals surface area contributed by atoms with Crippen LogP contribution in [-0.2, 0) is 6.42 Å². The zero-order valence-corrected chi connectivity index (χ0v) is 11.5. The Morgan fingerprint density at radius 3 is 2.61 bits per heavy atom. The number of pyridine rings is 1. The van der Waals surface area contributed by atoms with Crippen molar-refractivity contribution in [3.8, 4) is 5.75 Å². The number of ketones is 1. The van der Waals surface area contributed by atoms with E-state index in [2.05, 4.69) is 20.9 Å². The molecule has 0 aliphatic carbocycles. The zero-order valence-electron chi connectivity index (χ0n) is 9.89. The fraction of sp³-hybridized carbons (Fsp3) is 0.143. The lowest BCUT2D eigenvalue weighted by molar-refractivity contribution is 0.0992. The number of carbonyl (C=O) groups excluding carboxylic acids is 1. The van der Waals surface area contributed by atoms with Crippen molar-refractivity contribution in [2.24, 2.45) is 0 Å². The van der Waals surface area contributed by atoms with Gasteiger partial charge in [0.15, 0.2) is 5.78 Å². The average molecular weight is 306 g/mol. The monoisotopic (exact) mass is 305 g/mol. The molecule has 0 amide bonds. The molecule has 1 aromatic heterocycles. The summed E-state index contributed by atoms with van der Waals surface area (Å²) in [5.41, 5.74) is 1.42. The van der Waals surface area contributed by atoms with E-state index >= 15 is 0 Å². The molecule has 0 N–H and O–H groups in total. The highest BCUT2D eigenvalue weighted by molar-refractivity contribution is 9.10. The highest BCUT2D eigenvalue weighted by Gasteiger charge is 2.08. The van der Waals surface area contributed by atoms with E-state index in [4.69, 9.17) is 4.74 Å². The number of ether oxygens (including phenoxy) is 1. The minimum atomic E-state index is 0.0447. The van der Waals surface area contributed by atoms with Gasteiger partial charge in [0.25, 0.3) is 0 Å². The van der Waals surface area contributed by atoms with Crippen molar-refractivity contribution in [2.75, 3.05) is 7.11 Å². The second-order valence-corrected chi connectivity index (χ2v) is 4.71. The number of aromatic nitrogens is 1. The van der Waals surface area contributed by atoms with Gasteiger partial charge in [-0.3, -0.25) is 9.78 Å². The van der Waals surface area contributed by atoms with Crippen LogP contribution in [0.1, 0.15) is 16.1 Å². The van der Waals surface area contributed by atoms with Crippen molar-refractivity contribution in [3.05, 3.63) is 58.3 Å². The summed E-state index contributed by atoms with van der Waals surface area (Å²) in [6, 6.07) is 10.8. The fourth-order valence-electron chi connectivity index (χ4n) is 1.59. The number of nitrogens with zero attached hydrogens (tertiary/aromatic N) is 1. The standard InChI is InChI=1S/C14H12BrNO2/c1-18-13-4-2-10(3-5-13)14(17)9-12-8-11(15)6-7-16-12/h2-8H,9H2,1H3. The van der Waals surface area contributed by atoms with E-state index in [1.807, 2.05) is 12.1 Å². The van der Waals surface area contributed by atoms with Gasteiger partial charge < -0.3 is 4.74 Å². The number of benzene rings is 1. The third-order valence-electron chi connectivity index (χ3n) is 2.53. The van der Waals surface area contributed by atoms with Gasteiger partial charge >= 0.3 is 0 Å². The van der Waals surface area contributed by atoms with E-state index < -0.39 is 0 Å². The molecule has 4 heteroatoms. The Kier molecular flexibility index (Phi) is 4.10. The molecule has 0 spiro atoms. The Hall–Kier alpha value is -1.68. The van der Waals surface area contributed by atoms with Crippen molar-refractivity contribution in [2.45, 2.75) is 6.42 Å². The molecule has 92 valence electrons. The van der Waals surface area contributed by atoms with Crippen LogP contribution in [0.4, 0.5) is 0 Å². The van der Waals surface area contributed by atoms with Gasteiger partial charge in [0.1, 0.15) is 5.75 Å². The molecule has 1 heterocycles. The number of methoxy groups -OCH3 is 1. The lowest BCUT2D eigenvalue weighted by atomic mass is 10.1. The molecule has 0 aliphatic rings. The first-order chi connectivity index (χ1) is 8.69. The molecule has 1 aromatic carbocycles. The number of hydrogen-bond acceptors (Lipinski definition) is 3. The van der Waals surface area contributed by atoms with Gasteiger partial charge in [-0.15, -0.1) is 0 Å². The van der Waals surface area contributed by atoms with E-state index in [1.165, 1.54) is 0 Å². The van der Waals surface area contributed by atoms with Gasteiger partial charge in [0.05, 0.1) is 13.5 Å². The maximum absolute atomic E-state index is 12.0. The molecule has 0 saturated carbocycles. The summed E-state index contributed by atoms with van der Waals surface area (Å²) in [4.78, 5) is 16.2.